The molecule has 0 saturated carbocycles. The number of hydrogen-bond acceptors (Lipinski definition) is 3. The highest BCUT2D eigenvalue weighted by atomic mass is 19.1. The maximum atomic E-state index is 13.7. The summed E-state index contributed by atoms with van der Waals surface area (Å²) in [7, 11) is 3.86. The van der Waals surface area contributed by atoms with Crippen molar-refractivity contribution in [1.29, 1.82) is 0 Å². The SMILES string of the molecule is CCOCCN(C)Cc1cc(CNC)ccc1F. The second kappa shape index (κ2) is 8.19. The Bertz CT molecular complexity index is 358. The second-order valence-electron chi connectivity index (χ2n) is 4.39. The summed E-state index contributed by atoms with van der Waals surface area (Å²) in [6, 6.07) is 5.27. The predicted octanol–water partition coefficient (Wildman–Crippen LogP) is 2.01. The lowest BCUT2D eigenvalue weighted by Gasteiger charge is -2.17. The Morgan fingerprint density at radius 2 is 2.17 bits per heavy atom. The van der Waals surface area contributed by atoms with E-state index < -0.39 is 0 Å². The van der Waals surface area contributed by atoms with Gasteiger partial charge in [-0.05, 0) is 32.6 Å². The van der Waals surface area contributed by atoms with Crippen LogP contribution in [0.2, 0.25) is 0 Å². The van der Waals surface area contributed by atoms with Gasteiger partial charge in [-0.25, -0.2) is 4.39 Å². The van der Waals surface area contributed by atoms with Crippen LogP contribution in [-0.4, -0.2) is 38.8 Å². The molecular formula is C14H23FN2O. The van der Waals surface area contributed by atoms with E-state index in [0.29, 0.717) is 13.2 Å². The van der Waals surface area contributed by atoms with Crippen molar-refractivity contribution in [3.05, 3.63) is 35.1 Å². The average Bonchev–Trinajstić information content (AvgIpc) is 2.34. The van der Waals surface area contributed by atoms with Crippen LogP contribution in [0.15, 0.2) is 18.2 Å². The van der Waals surface area contributed by atoms with E-state index in [2.05, 4.69) is 10.2 Å². The van der Waals surface area contributed by atoms with Gasteiger partial charge in [-0.1, -0.05) is 12.1 Å². The van der Waals surface area contributed by atoms with Gasteiger partial charge in [0, 0.05) is 31.8 Å². The number of hydrogen-bond donors (Lipinski definition) is 1. The van der Waals surface area contributed by atoms with Gasteiger partial charge < -0.3 is 10.1 Å². The van der Waals surface area contributed by atoms with Gasteiger partial charge in [-0.2, -0.15) is 0 Å². The van der Waals surface area contributed by atoms with Crippen LogP contribution in [0, 0.1) is 5.82 Å². The number of halogens is 1. The quantitative estimate of drug-likeness (QED) is 0.718. The van der Waals surface area contributed by atoms with Gasteiger partial charge in [0.25, 0.3) is 0 Å². The highest BCUT2D eigenvalue weighted by molar-refractivity contribution is 5.25. The van der Waals surface area contributed by atoms with Crippen LogP contribution in [0.4, 0.5) is 4.39 Å². The molecule has 1 aromatic rings. The minimum absolute atomic E-state index is 0.141. The largest absolute Gasteiger partial charge is 0.380 e. The standard InChI is InChI=1S/C14H23FN2O/c1-4-18-8-7-17(3)11-13-9-12(10-16-2)5-6-14(13)15/h5-6,9,16H,4,7-8,10-11H2,1-3H3. The maximum absolute atomic E-state index is 13.7. The van der Waals surface area contributed by atoms with Gasteiger partial charge in [-0.3, -0.25) is 4.90 Å². The number of rotatable bonds is 8. The number of ether oxygens (including phenoxy) is 1. The molecule has 1 aromatic carbocycles. The molecular weight excluding hydrogens is 231 g/mol. The van der Waals surface area contributed by atoms with Gasteiger partial charge in [0.15, 0.2) is 0 Å². The van der Waals surface area contributed by atoms with E-state index in [9.17, 15) is 4.39 Å². The minimum atomic E-state index is -0.141. The molecule has 1 rings (SSSR count). The molecule has 0 atom stereocenters. The minimum Gasteiger partial charge on any atom is -0.380 e. The first-order valence-corrected chi connectivity index (χ1v) is 6.35. The van der Waals surface area contributed by atoms with Crippen LogP contribution in [-0.2, 0) is 17.8 Å². The average molecular weight is 254 g/mol. The summed E-state index contributed by atoms with van der Waals surface area (Å²) in [5.74, 6) is -0.141. The smallest absolute Gasteiger partial charge is 0.127 e. The Hall–Kier alpha value is -0.970. The summed E-state index contributed by atoms with van der Waals surface area (Å²) < 4.78 is 19.0. The molecule has 0 amide bonds. The van der Waals surface area contributed by atoms with Crippen LogP contribution in [0.5, 0.6) is 0 Å². The Kier molecular flexibility index (Phi) is 6.86. The van der Waals surface area contributed by atoms with E-state index >= 15 is 0 Å². The predicted molar refractivity (Wildman–Crippen MR) is 72.0 cm³/mol. The molecule has 102 valence electrons. The molecule has 0 radical (unpaired) electrons. The summed E-state index contributed by atoms with van der Waals surface area (Å²) >= 11 is 0. The Labute approximate surface area is 109 Å². The molecule has 0 bridgehead atoms. The van der Waals surface area contributed by atoms with E-state index in [-0.39, 0.29) is 5.82 Å². The van der Waals surface area contributed by atoms with Crippen LogP contribution in [0.1, 0.15) is 18.1 Å². The molecule has 0 saturated heterocycles. The molecule has 18 heavy (non-hydrogen) atoms. The maximum Gasteiger partial charge on any atom is 0.127 e. The first kappa shape index (κ1) is 15.1. The van der Waals surface area contributed by atoms with E-state index in [0.717, 1.165) is 30.8 Å². The topological polar surface area (TPSA) is 24.5 Å². The van der Waals surface area contributed by atoms with E-state index in [4.69, 9.17) is 4.74 Å². The first-order chi connectivity index (χ1) is 8.67. The molecule has 1 N–H and O–H groups in total. The number of likely N-dealkylation sites (N-methyl/N-ethyl adjacent to an activating group) is 1. The van der Waals surface area contributed by atoms with E-state index in [1.807, 2.05) is 33.2 Å². The zero-order valence-electron chi connectivity index (χ0n) is 11.5. The molecule has 0 aromatic heterocycles. The fourth-order valence-electron chi connectivity index (χ4n) is 1.80. The molecule has 0 aliphatic carbocycles. The molecule has 0 heterocycles. The Morgan fingerprint density at radius 1 is 1.39 bits per heavy atom. The Morgan fingerprint density at radius 3 is 2.83 bits per heavy atom. The highest BCUT2D eigenvalue weighted by Gasteiger charge is 2.06. The van der Waals surface area contributed by atoms with Gasteiger partial charge in [-0.15, -0.1) is 0 Å². The summed E-state index contributed by atoms with van der Waals surface area (Å²) in [6.07, 6.45) is 0. The Balaban J connectivity index is 2.56. The fourth-order valence-corrected chi connectivity index (χ4v) is 1.80. The van der Waals surface area contributed by atoms with Crippen molar-refractivity contribution in [1.82, 2.24) is 10.2 Å². The van der Waals surface area contributed by atoms with Gasteiger partial charge in [0.1, 0.15) is 5.82 Å². The summed E-state index contributed by atoms with van der Waals surface area (Å²) in [4.78, 5) is 2.07. The number of nitrogens with zero attached hydrogens (tertiary/aromatic N) is 1. The third-order valence-electron chi connectivity index (χ3n) is 2.75. The zero-order chi connectivity index (χ0) is 13.4. The lowest BCUT2D eigenvalue weighted by atomic mass is 10.1. The third-order valence-corrected chi connectivity index (χ3v) is 2.75. The van der Waals surface area contributed by atoms with Crippen LogP contribution < -0.4 is 5.32 Å². The van der Waals surface area contributed by atoms with Crippen LogP contribution >= 0.6 is 0 Å². The number of nitrogens with one attached hydrogen (secondary N) is 1. The van der Waals surface area contributed by atoms with Gasteiger partial charge in [0.2, 0.25) is 0 Å². The van der Waals surface area contributed by atoms with Crippen molar-refractivity contribution in [2.75, 3.05) is 33.9 Å². The third kappa shape index (κ3) is 5.12. The fraction of sp³-hybridized carbons (Fsp3) is 0.571. The molecule has 0 unspecified atom stereocenters. The van der Waals surface area contributed by atoms with Crippen molar-refractivity contribution < 1.29 is 9.13 Å². The lowest BCUT2D eigenvalue weighted by Crippen LogP contribution is -2.23. The zero-order valence-corrected chi connectivity index (χ0v) is 11.5. The summed E-state index contributed by atoms with van der Waals surface area (Å²) in [6.45, 7) is 5.56. The second-order valence-corrected chi connectivity index (χ2v) is 4.39. The molecule has 0 aliphatic heterocycles. The van der Waals surface area contributed by atoms with Crippen molar-refractivity contribution in [2.24, 2.45) is 0 Å². The van der Waals surface area contributed by atoms with Crippen LogP contribution in [0.25, 0.3) is 0 Å². The van der Waals surface area contributed by atoms with E-state index in [1.165, 1.54) is 0 Å². The van der Waals surface area contributed by atoms with Crippen molar-refractivity contribution in [3.8, 4) is 0 Å². The highest BCUT2D eigenvalue weighted by Crippen LogP contribution is 2.12. The lowest BCUT2D eigenvalue weighted by molar-refractivity contribution is 0.120. The summed E-state index contributed by atoms with van der Waals surface area (Å²) in [5.41, 5.74) is 1.84. The molecule has 0 fully saturated rings. The molecule has 4 heteroatoms. The first-order valence-electron chi connectivity index (χ1n) is 6.35. The van der Waals surface area contributed by atoms with E-state index in [1.54, 1.807) is 6.07 Å². The normalized spacial score (nSPS) is 11.2. The van der Waals surface area contributed by atoms with Crippen molar-refractivity contribution in [3.63, 3.8) is 0 Å². The van der Waals surface area contributed by atoms with Crippen molar-refractivity contribution in [2.45, 2.75) is 20.0 Å². The molecule has 0 aliphatic rings. The molecule has 3 nitrogen and oxygen atoms in total. The van der Waals surface area contributed by atoms with Gasteiger partial charge in [0.05, 0.1) is 6.61 Å². The van der Waals surface area contributed by atoms with Crippen LogP contribution in [0.3, 0.4) is 0 Å². The van der Waals surface area contributed by atoms with Gasteiger partial charge >= 0.3 is 0 Å². The van der Waals surface area contributed by atoms with Crippen molar-refractivity contribution >= 4 is 0 Å². The monoisotopic (exact) mass is 254 g/mol. The number of benzene rings is 1. The summed E-state index contributed by atoms with van der Waals surface area (Å²) in [5, 5.41) is 3.07. The molecule has 0 spiro atoms.